The molecule has 2 unspecified atom stereocenters. The highest BCUT2D eigenvalue weighted by Crippen LogP contribution is 2.20. The van der Waals surface area contributed by atoms with Crippen LogP contribution in [0.2, 0.25) is 0 Å². The molecule has 2 heterocycles. The van der Waals surface area contributed by atoms with Gasteiger partial charge in [-0.2, -0.15) is 0 Å². The van der Waals surface area contributed by atoms with Crippen LogP contribution < -0.4 is 0 Å². The molecule has 2 atom stereocenters. The van der Waals surface area contributed by atoms with Crippen molar-refractivity contribution in [1.29, 1.82) is 0 Å². The van der Waals surface area contributed by atoms with E-state index in [2.05, 4.69) is 11.9 Å². The first-order valence-electron chi connectivity index (χ1n) is 6.46. The Morgan fingerprint density at radius 3 is 2.89 bits per heavy atom. The van der Waals surface area contributed by atoms with Crippen molar-refractivity contribution in [1.82, 2.24) is 14.5 Å². The minimum Gasteiger partial charge on any atom is -0.480 e. The van der Waals surface area contributed by atoms with Crippen LogP contribution in [0.15, 0.2) is 6.20 Å². The Hall–Kier alpha value is -1.85. The van der Waals surface area contributed by atoms with Gasteiger partial charge in [-0.1, -0.05) is 6.92 Å². The van der Waals surface area contributed by atoms with Crippen LogP contribution in [0, 0.1) is 5.92 Å². The number of aromatic nitrogens is 2. The third-order valence-corrected chi connectivity index (χ3v) is 3.73. The minimum atomic E-state index is -1.02. The fourth-order valence-corrected chi connectivity index (χ4v) is 2.21. The Kier molecular flexibility index (Phi) is 3.59. The summed E-state index contributed by atoms with van der Waals surface area (Å²) in [6.45, 7) is 4.52. The van der Waals surface area contributed by atoms with Crippen LogP contribution in [0.1, 0.15) is 36.6 Å². The van der Waals surface area contributed by atoms with Gasteiger partial charge in [0.2, 0.25) is 0 Å². The number of hydrogen-bond acceptors (Lipinski definition) is 3. The molecule has 0 aliphatic carbocycles. The molecule has 0 bridgehead atoms. The molecule has 1 aromatic heterocycles. The van der Waals surface area contributed by atoms with Crippen LogP contribution in [0.4, 0.5) is 0 Å². The number of nitrogens with zero attached hydrogens (tertiary/aromatic N) is 3. The highest BCUT2D eigenvalue weighted by atomic mass is 16.4. The predicted molar refractivity (Wildman–Crippen MR) is 68.9 cm³/mol. The van der Waals surface area contributed by atoms with Gasteiger partial charge < -0.3 is 14.6 Å². The van der Waals surface area contributed by atoms with Crippen LogP contribution in [0.5, 0.6) is 0 Å². The third-order valence-electron chi connectivity index (χ3n) is 3.73. The monoisotopic (exact) mass is 265 g/mol. The molecule has 0 saturated heterocycles. The van der Waals surface area contributed by atoms with E-state index < -0.39 is 12.0 Å². The summed E-state index contributed by atoms with van der Waals surface area (Å²) < 4.78 is 1.99. The van der Waals surface area contributed by atoms with Crippen molar-refractivity contribution in [2.24, 2.45) is 5.92 Å². The van der Waals surface area contributed by atoms with Gasteiger partial charge in [0.15, 0.2) is 0 Å². The van der Waals surface area contributed by atoms with Crippen LogP contribution >= 0.6 is 0 Å². The summed E-state index contributed by atoms with van der Waals surface area (Å²) in [5, 5.41) is 8.93. The first-order chi connectivity index (χ1) is 8.90. The molecule has 19 heavy (non-hydrogen) atoms. The van der Waals surface area contributed by atoms with Crippen molar-refractivity contribution in [3.63, 3.8) is 0 Å². The average molecular weight is 265 g/mol. The van der Waals surface area contributed by atoms with Gasteiger partial charge in [-0.25, -0.2) is 9.78 Å². The van der Waals surface area contributed by atoms with Crippen molar-refractivity contribution >= 4 is 11.9 Å². The number of carboxylic acids is 1. The number of imidazole rings is 1. The number of amides is 1. The van der Waals surface area contributed by atoms with Gasteiger partial charge in [0, 0.05) is 26.2 Å². The number of rotatable bonds is 3. The lowest BCUT2D eigenvalue weighted by atomic mass is 10.0. The largest absolute Gasteiger partial charge is 0.480 e. The summed E-state index contributed by atoms with van der Waals surface area (Å²) in [6, 6.07) is -0.856. The summed E-state index contributed by atoms with van der Waals surface area (Å²) in [5.74, 6) is 0.130. The van der Waals surface area contributed by atoms with Gasteiger partial charge in [-0.05, 0) is 19.3 Å². The van der Waals surface area contributed by atoms with E-state index in [1.165, 1.54) is 18.9 Å². The number of aliphatic carboxylic acids is 1. The molecule has 1 aliphatic rings. The predicted octanol–water partition coefficient (Wildman–Crippen LogP) is 1.01. The summed E-state index contributed by atoms with van der Waals surface area (Å²) in [7, 11) is 1.49. The van der Waals surface area contributed by atoms with Gasteiger partial charge in [-0.15, -0.1) is 0 Å². The standard InChI is InChI=1S/C13H19N3O3/c1-8-4-5-16-7-10(14-11(16)6-8)12(17)15(3)9(2)13(18)19/h7-9H,4-6H2,1-3H3,(H,18,19). The molecule has 2 rings (SSSR count). The second-order valence-corrected chi connectivity index (χ2v) is 5.26. The first-order valence-corrected chi connectivity index (χ1v) is 6.46. The number of carboxylic acid groups (broad SMARTS) is 1. The summed E-state index contributed by atoms with van der Waals surface area (Å²) in [4.78, 5) is 28.6. The van der Waals surface area contributed by atoms with Crippen molar-refractivity contribution in [3.8, 4) is 0 Å². The Balaban J connectivity index is 2.18. The van der Waals surface area contributed by atoms with E-state index in [1.54, 1.807) is 6.20 Å². The highest BCUT2D eigenvalue weighted by molar-refractivity contribution is 5.94. The fraction of sp³-hybridized carbons (Fsp3) is 0.615. The Morgan fingerprint density at radius 1 is 1.58 bits per heavy atom. The molecule has 0 fully saturated rings. The Morgan fingerprint density at radius 2 is 2.26 bits per heavy atom. The minimum absolute atomic E-state index is 0.333. The van der Waals surface area contributed by atoms with Gasteiger partial charge in [-0.3, -0.25) is 4.79 Å². The SMILES string of the molecule is CC1CCn2cc(C(=O)N(C)C(C)C(=O)O)nc2C1. The quantitative estimate of drug-likeness (QED) is 0.885. The molecule has 0 aromatic carbocycles. The smallest absolute Gasteiger partial charge is 0.326 e. The molecule has 0 saturated carbocycles. The lowest BCUT2D eigenvalue weighted by molar-refractivity contribution is -0.141. The molecule has 1 aromatic rings. The molecule has 6 heteroatoms. The van der Waals surface area contributed by atoms with E-state index in [0.29, 0.717) is 11.6 Å². The number of hydrogen-bond donors (Lipinski definition) is 1. The Labute approximate surface area is 112 Å². The number of carbonyl (C=O) groups is 2. The van der Waals surface area contributed by atoms with Gasteiger partial charge in [0.05, 0.1) is 0 Å². The van der Waals surface area contributed by atoms with E-state index in [1.807, 2.05) is 4.57 Å². The second-order valence-electron chi connectivity index (χ2n) is 5.26. The van der Waals surface area contributed by atoms with Crippen LogP contribution in [0.25, 0.3) is 0 Å². The van der Waals surface area contributed by atoms with E-state index >= 15 is 0 Å². The molecule has 6 nitrogen and oxygen atoms in total. The van der Waals surface area contributed by atoms with Gasteiger partial charge in [0.1, 0.15) is 17.6 Å². The van der Waals surface area contributed by atoms with Crippen molar-refractivity contribution < 1.29 is 14.7 Å². The second kappa shape index (κ2) is 5.03. The first kappa shape index (κ1) is 13.6. The summed E-state index contributed by atoms with van der Waals surface area (Å²) in [6.07, 6.45) is 3.68. The maximum Gasteiger partial charge on any atom is 0.326 e. The zero-order valence-corrected chi connectivity index (χ0v) is 11.5. The molecule has 1 amide bonds. The zero-order valence-electron chi connectivity index (χ0n) is 11.5. The van der Waals surface area contributed by atoms with Crippen LogP contribution in [-0.2, 0) is 17.8 Å². The van der Waals surface area contributed by atoms with Gasteiger partial charge >= 0.3 is 5.97 Å². The normalized spacial score (nSPS) is 19.6. The van der Waals surface area contributed by atoms with E-state index in [4.69, 9.17) is 5.11 Å². The number of carbonyl (C=O) groups excluding carboxylic acids is 1. The summed E-state index contributed by atoms with van der Waals surface area (Å²) >= 11 is 0. The maximum atomic E-state index is 12.2. The number of aryl methyl sites for hydroxylation is 1. The van der Waals surface area contributed by atoms with Crippen LogP contribution in [0.3, 0.4) is 0 Å². The zero-order chi connectivity index (χ0) is 14.2. The lowest BCUT2D eigenvalue weighted by Crippen LogP contribution is -2.40. The molecule has 1 aliphatic heterocycles. The number of likely N-dealkylation sites (N-methyl/N-ethyl adjacent to an activating group) is 1. The molecule has 1 N–H and O–H groups in total. The third kappa shape index (κ3) is 2.62. The number of fused-ring (bicyclic) bond motifs is 1. The Bertz CT molecular complexity index is 509. The van der Waals surface area contributed by atoms with E-state index in [0.717, 1.165) is 25.2 Å². The lowest BCUT2D eigenvalue weighted by Gasteiger charge is -2.20. The van der Waals surface area contributed by atoms with E-state index in [-0.39, 0.29) is 5.91 Å². The molecule has 0 spiro atoms. The summed E-state index contributed by atoms with van der Waals surface area (Å²) in [5.41, 5.74) is 0.333. The van der Waals surface area contributed by atoms with Crippen molar-refractivity contribution in [2.45, 2.75) is 39.3 Å². The highest BCUT2D eigenvalue weighted by Gasteiger charge is 2.26. The molecular weight excluding hydrogens is 246 g/mol. The van der Waals surface area contributed by atoms with Crippen LogP contribution in [-0.4, -0.2) is 44.5 Å². The maximum absolute atomic E-state index is 12.2. The molecule has 0 radical (unpaired) electrons. The van der Waals surface area contributed by atoms with Crippen molar-refractivity contribution in [3.05, 3.63) is 17.7 Å². The van der Waals surface area contributed by atoms with Gasteiger partial charge in [0.25, 0.3) is 5.91 Å². The average Bonchev–Trinajstić information content (AvgIpc) is 2.78. The van der Waals surface area contributed by atoms with Crippen molar-refractivity contribution in [2.75, 3.05) is 7.05 Å². The molecular formula is C13H19N3O3. The fourth-order valence-electron chi connectivity index (χ4n) is 2.21. The molecule has 104 valence electrons. The van der Waals surface area contributed by atoms with E-state index in [9.17, 15) is 9.59 Å². The topological polar surface area (TPSA) is 75.4 Å².